The van der Waals surface area contributed by atoms with Gasteiger partial charge in [0.1, 0.15) is 17.1 Å². The second-order valence-electron chi connectivity index (χ2n) is 7.37. The lowest BCUT2D eigenvalue weighted by molar-refractivity contribution is 0.397. The topological polar surface area (TPSA) is 109 Å². The smallest absolute Gasteiger partial charge is 0.220 e. The Morgan fingerprint density at radius 2 is 1.89 bits per heavy atom. The van der Waals surface area contributed by atoms with Gasteiger partial charge in [0, 0.05) is 18.7 Å². The molecule has 10 nitrogen and oxygen atoms in total. The highest BCUT2D eigenvalue weighted by Gasteiger charge is 2.31. The van der Waals surface area contributed by atoms with Gasteiger partial charge in [-0.1, -0.05) is 31.1 Å². The van der Waals surface area contributed by atoms with Crippen LogP contribution in [0.15, 0.2) is 16.8 Å². The van der Waals surface area contributed by atoms with Crippen LogP contribution in [0.1, 0.15) is 32.1 Å². The molecule has 0 atom stereocenters. The van der Waals surface area contributed by atoms with Gasteiger partial charge < -0.3 is 9.26 Å². The summed E-state index contributed by atoms with van der Waals surface area (Å²) in [5.74, 6) is 1.73. The van der Waals surface area contributed by atoms with E-state index in [2.05, 4.69) is 46.4 Å². The monoisotopic (exact) mass is 368 g/mol. The van der Waals surface area contributed by atoms with Gasteiger partial charge in [-0.05, 0) is 12.3 Å². The van der Waals surface area contributed by atoms with Gasteiger partial charge in [-0.25, -0.2) is 0 Å². The summed E-state index contributed by atoms with van der Waals surface area (Å²) < 4.78 is 14.2. The molecule has 4 aromatic rings. The SMILES string of the molecule is COc1c(C(C)(C)C)c(-c2cn(C)nn2)nn2c(-c3cc(C)on3)nnc12. The van der Waals surface area contributed by atoms with Crippen molar-refractivity contribution in [3.8, 4) is 28.7 Å². The van der Waals surface area contributed by atoms with E-state index in [4.69, 9.17) is 14.4 Å². The second-order valence-corrected chi connectivity index (χ2v) is 7.37. The molecule has 0 radical (unpaired) electrons. The highest BCUT2D eigenvalue weighted by Crippen LogP contribution is 2.40. The zero-order valence-electron chi connectivity index (χ0n) is 16.0. The summed E-state index contributed by atoms with van der Waals surface area (Å²) in [5, 5.41) is 25.7. The van der Waals surface area contributed by atoms with Crippen LogP contribution in [0.5, 0.6) is 5.75 Å². The van der Waals surface area contributed by atoms with Gasteiger partial charge in [0.2, 0.25) is 11.5 Å². The third-order valence-corrected chi connectivity index (χ3v) is 4.16. The van der Waals surface area contributed by atoms with E-state index < -0.39 is 0 Å². The van der Waals surface area contributed by atoms with Crippen molar-refractivity contribution in [1.82, 2.24) is 40.0 Å². The molecular weight excluding hydrogens is 348 g/mol. The van der Waals surface area contributed by atoms with Gasteiger partial charge in [0.15, 0.2) is 11.4 Å². The summed E-state index contributed by atoms with van der Waals surface area (Å²) >= 11 is 0. The molecule has 0 fully saturated rings. The van der Waals surface area contributed by atoms with Crippen molar-refractivity contribution in [3.63, 3.8) is 0 Å². The summed E-state index contributed by atoms with van der Waals surface area (Å²) in [5.41, 5.74) is 2.95. The second kappa shape index (κ2) is 5.86. The Labute approximate surface area is 155 Å². The fraction of sp³-hybridized carbons (Fsp3) is 0.412. The van der Waals surface area contributed by atoms with Gasteiger partial charge in [0.05, 0.1) is 13.3 Å². The Morgan fingerprint density at radius 1 is 1.11 bits per heavy atom. The quantitative estimate of drug-likeness (QED) is 0.541. The fourth-order valence-electron chi connectivity index (χ4n) is 3.04. The molecule has 4 aromatic heterocycles. The van der Waals surface area contributed by atoms with Crippen molar-refractivity contribution in [2.45, 2.75) is 33.1 Å². The molecule has 4 rings (SSSR count). The minimum absolute atomic E-state index is 0.274. The van der Waals surface area contributed by atoms with Crippen LogP contribution < -0.4 is 4.74 Å². The maximum Gasteiger partial charge on any atom is 0.220 e. The lowest BCUT2D eigenvalue weighted by Gasteiger charge is -2.24. The highest BCUT2D eigenvalue weighted by atomic mass is 16.5. The van der Waals surface area contributed by atoms with E-state index in [1.807, 2.05) is 20.2 Å². The van der Waals surface area contributed by atoms with Crippen molar-refractivity contribution >= 4 is 5.65 Å². The zero-order valence-corrected chi connectivity index (χ0v) is 16.0. The van der Waals surface area contributed by atoms with E-state index in [1.165, 1.54) is 0 Å². The number of aromatic nitrogens is 8. The molecule has 0 N–H and O–H groups in total. The molecule has 0 saturated carbocycles. The van der Waals surface area contributed by atoms with Gasteiger partial charge >= 0.3 is 0 Å². The number of rotatable bonds is 3. The number of hydrogen-bond donors (Lipinski definition) is 0. The predicted molar refractivity (Wildman–Crippen MR) is 96.3 cm³/mol. The first-order valence-electron chi connectivity index (χ1n) is 8.44. The molecule has 4 heterocycles. The molecule has 0 aliphatic rings. The molecule has 0 unspecified atom stereocenters. The molecule has 0 aliphatic carbocycles. The van der Waals surface area contributed by atoms with Crippen LogP contribution in [0.4, 0.5) is 0 Å². The summed E-state index contributed by atoms with van der Waals surface area (Å²) in [7, 11) is 3.42. The summed E-state index contributed by atoms with van der Waals surface area (Å²) in [6.07, 6.45) is 1.81. The Hall–Kier alpha value is -3.30. The summed E-state index contributed by atoms with van der Waals surface area (Å²) in [4.78, 5) is 0. The fourth-order valence-corrected chi connectivity index (χ4v) is 3.04. The van der Waals surface area contributed by atoms with Crippen LogP contribution in [0.2, 0.25) is 0 Å². The minimum atomic E-state index is -0.274. The molecule has 0 aromatic carbocycles. The normalized spacial score (nSPS) is 12.1. The molecule has 0 aliphatic heterocycles. The summed E-state index contributed by atoms with van der Waals surface area (Å²) in [6, 6.07) is 1.78. The lowest BCUT2D eigenvalue weighted by atomic mass is 9.84. The minimum Gasteiger partial charge on any atom is -0.492 e. The number of hydrogen-bond acceptors (Lipinski definition) is 8. The molecular formula is C17H20N8O2. The number of methoxy groups -OCH3 is 1. The largest absolute Gasteiger partial charge is 0.492 e. The molecule has 0 saturated heterocycles. The average molecular weight is 368 g/mol. The summed E-state index contributed by atoms with van der Waals surface area (Å²) in [6.45, 7) is 8.07. The van der Waals surface area contributed by atoms with E-state index in [9.17, 15) is 0 Å². The van der Waals surface area contributed by atoms with Crippen LogP contribution >= 0.6 is 0 Å². The predicted octanol–water partition coefficient (Wildman–Crippen LogP) is 2.19. The first-order chi connectivity index (χ1) is 12.8. The Bertz CT molecular complexity index is 1130. The molecule has 0 amide bonds. The van der Waals surface area contributed by atoms with Crippen LogP contribution in [0, 0.1) is 6.92 Å². The van der Waals surface area contributed by atoms with Crippen molar-refractivity contribution in [1.29, 1.82) is 0 Å². The van der Waals surface area contributed by atoms with E-state index in [1.54, 1.807) is 22.4 Å². The number of nitrogens with zero attached hydrogens (tertiary/aromatic N) is 8. The highest BCUT2D eigenvalue weighted by molar-refractivity contribution is 5.72. The van der Waals surface area contributed by atoms with Crippen molar-refractivity contribution in [3.05, 3.63) is 23.6 Å². The van der Waals surface area contributed by atoms with E-state index in [0.717, 1.165) is 5.56 Å². The van der Waals surface area contributed by atoms with Gasteiger partial charge in [-0.2, -0.15) is 9.61 Å². The molecule has 27 heavy (non-hydrogen) atoms. The first-order valence-corrected chi connectivity index (χ1v) is 8.44. The van der Waals surface area contributed by atoms with E-state index in [-0.39, 0.29) is 5.41 Å². The third kappa shape index (κ3) is 2.73. The van der Waals surface area contributed by atoms with Gasteiger partial charge in [-0.3, -0.25) is 4.68 Å². The lowest BCUT2D eigenvalue weighted by Crippen LogP contribution is -2.18. The van der Waals surface area contributed by atoms with Crippen molar-refractivity contribution in [2.24, 2.45) is 7.05 Å². The molecule has 0 bridgehead atoms. The third-order valence-electron chi connectivity index (χ3n) is 4.16. The number of ether oxygens (including phenoxy) is 1. The van der Waals surface area contributed by atoms with Crippen molar-refractivity contribution in [2.75, 3.05) is 7.11 Å². The van der Waals surface area contributed by atoms with Gasteiger partial charge in [-0.15, -0.1) is 15.3 Å². The van der Waals surface area contributed by atoms with Crippen LogP contribution in [-0.4, -0.2) is 47.1 Å². The van der Waals surface area contributed by atoms with E-state index >= 15 is 0 Å². The Kier molecular flexibility index (Phi) is 3.72. The number of fused-ring (bicyclic) bond motifs is 1. The van der Waals surface area contributed by atoms with Crippen molar-refractivity contribution < 1.29 is 9.26 Å². The zero-order chi connectivity index (χ0) is 19.3. The molecule has 140 valence electrons. The Balaban J connectivity index is 2.09. The molecule has 0 spiro atoms. The standard InChI is InChI=1S/C17H20N8O2/c1-9-7-10(22-27-9)15-19-20-16-14(26-6)12(17(2,3)4)13(21-25(15)16)11-8-24(5)23-18-11/h7-8H,1-6H3. The average Bonchev–Trinajstić information content (AvgIpc) is 3.31. The maximum atomic E-state index is 5.75. The molecule has 10 heteroatoms. The van der Waals surface area contributed by atoms with E-state index in [0.29, 0.717) is 40.1 Å². The van der Waals surface area contributed by atoms with Crippen LogP contribution in [0.25, 0.3) is 28.6 Å². The number of aryl methyl sites for hydroxylation is 2. The maximum absolute atomic E-state index is 5.75. The van der Waals surface area contributed by atoms with Gasteiger partial charge in [0.25, 0.3) is 0 Å². The first kappa shape index (κ1) is 17.1. The Morgan fingerprint density at radius 3 is 2.44 bits per heavy atom. The van der Waals surface area contributed by atoms with Crippen LogP contribution in [-0.2, 0) is 12.5 Å². The van der Waals surface area contributed by atoms with Crippen LogP contribution in [0.3, 0.4) is 0 Å².